The summed E-state index contributed by atoms with van der Waals surface area (Å²) in [5.41, 5.74) is -0.935. The first-order chi connectivity index (χ1) is 19.6. The number of furan rings is 1. The molecule has 0 bridgehead atoms. The number of nitriles is 1. The normalized spacial score (nSPS) is 43.9. The van der Waals surface area contributed by atoms with E-state index in [1.807, 2.05) is 38.1 Å². The van der Waals surface area contributed by atoms with Crippen molar-refractivity contribution in [1.29, 1.82) is 5.26 Å². The minimum absolute atomic E-state index is 0.0105. The second-order valence-electron chi connectivity index (χ2n) is 16.1. The molecule has 0 spiro atoms. The molecule has 0 aliphatic heterocycles. The van der Waals surface area contributed by atoms with E-state index in [-0.39, 0.29) is 57.0 Å². The zero-order valence-corrected chi connectivity index (χ0v) is 26.4. The molecule has 42 heavy (non-hydrogen) atoms. The largest absolute Gasteiger partial charge is 0.467 e. The predicted octanol–water partition coefficient (Wildman–Crippen LogP) is 7.12. The summed E-state index contributed by atoms with van der Waals surface area (Å²) < 4.78 is 5.44. The van der Waals surface area contributed by atoms with Crippen LogP contribution in [0.3, 0.4) is 0 Å². The maximum absolute atomic E-state index is 14.5. The molecular weight excluding hydrogens is 524 g/mol. The van der Waals surface area contributed by atoms with Crippen LogP contribution in [0.1, 0.15) is 99.2 Å². The van der Waals surface area contributed by atoms with Crippen molar-refractivity contribution in [2.24, 2.45) is 50.2 Å². The number of ketones is 2. The van der Waals surface area contributed by atoms with Crippen LogP contribution in [0.5, 0.6) is 0 Å². The van der Waals surface area contributed by atoms with Crippen LogP contribution in [0.4, 0.5) is 0 Å². The standard InChI is InChI=1S/C36H46N2O4/c1-31(2)26-10-11-35(6)27(34(26,5)18-22(20-37)29(31)40)17-25(39)28-24-19-33(4,30(41)38-21-23-9-8-16-42-23)13-12-32(24,3)14-15-36(28,35)7/h8-9,16-18,24,26,28H,10-15,19,21H2,1-7H3,(H,38,41)/t24-,26-,28?,32+,33-,34?,35+,36+/m0/s1. The number of rotatable bonds is 3. The Morgan fingerprint density at radius 1 is 1.05 bits per heavy atom. The van der Waals surface area contributed by atoms with Gasteiger partial charge in [0.05, 0.1) is 18.4 Å². The number of nitrogens with one attached hydrogen (secondary N) is 1. The quantitative estimate of drug-likeness (QED) is 0.417. The molecule has 1 heterocycles. The number of hydrogen-bond acceptors (Lipinski definition) is 5. The Labute approximate surface area is 250 Å². The molecule has 8 atom stereocenters. The van der Waals surface area contributed by atoms with Gasteiger partial charge in [-0.3, -0.25) is 14.4 Å². The van der Waals surface area contributed by atoms with E-state index < -0.39 is 16.2 Å². The number of fused-ring (bicyclic) bond motifs is 7. The van der Waals surface area contributed by atoms with Gasteiger partial charge < -0.3 is 9.73 Å². The van der Waals surface area contributed by atoms with Gasteiger partial charge in [0.1, 0.15) is 11.8 Å². The summed E-state index contributed by atoms with van der Waals surface area (Å²) >= 11 is 0. The fraction of sp³-hybridized carbons (Fsp3) is 0.667. The first kappa shape index (κ1) is 29.1. The van der Waals surface area contributed by atoms with Crippen molar-refractivity contribution >= 4 is 17.5 Å². The highest BCUT2D eigenvalue weighted by Gasteiger charge is 2.69. The third kappa shape index (κ3) is 3.70. The lowest BCUT2D eigenvalue weighted by atomic mass is 9.34. The van der Waals surface area contributed by atoms with Crippen molar-refractivity contribution in [3.63, 3.8) is 0 Å². The summed E-state index contributed by atoms with van der Waals surface area (Å²) in [5, 5.41) is 13.0. The van der Waals surface area contributed by atoms with Gasteiger partial charge in [-0.15, -0.1) is 0 Å². The van der Waals surface area contributed by atoms with Gasteiger partial charge in [0, 0.05) is 22.2 Å². The first-order valence-electron chi connectivity index (χ1n) is 15.8. The SMILES string of the molecule is CC1(C)C(=O)C(C#N)=CC2(C)C3=CC(=O)C4[C@@H]5C[C@@](C)(C(=O)NCc6ccco6)CC[C@]5(C)CC[C@@]4(C)[C@]3(C)CC[C@@H]12. The Morgan fingerprint density at radius 3 is 2.43 bits per heavy atom. The van der Waals surface area contributed by atoms with Crippen molar-refractivity contribution < 1.29 is 18.8 Å². The predicted molar refractivity (Wildman–Crippen MR) is 159 cm³/mol. The monoisotopic (exact) mass is 570 g/mol. The van der Waals surface area contributed by atoms with Crippen LogP contribution in [0.15, 0.2) is 46.1 Å². The minimum atomic E-state index is -0.670. The number of carbonyl (C=O) groups excluding carboxylic acids is 3. The average Bonchev–Trinajstić information content (AvgIpc) is 3.45. The smallest absolute Gasteiger partial charge is 0.226 e. The number of carbonyl (C=O) groups is 3. The van der Waals surface area contributed by atoms with Gasteiger partial charge >= 0.3 is 0 Å². The maximum Gasteiger partial charge on any atom is 0.226 e. The van der Waals surface area contributed by atoms with Crippen LogP contribution in [0, 0.1) is 61.6 Å². The molecule has 1 N–H and O–H groups in total. The molecule has 3 fully saturated rings. The summed E-state index contributed by atoms with van der Waals surface area (Å²) in [6.07, 6.45) is 11.7. The van der Waals surface area contributed by atoms with Crippen molar-refractivity contribution in [2.75, 3.05) is 0 Å². The van der Waals surface area contributed by atoms with Crippen molar-refractivity contribution in [3.8, 4) is 6.07 Å². The van der Waals surface area contributed by atoms with Crippen LogP contribution < -0.4 is 5.32 Å². The molecule has 5 aliphatic carbocycles. The highest BCUT2D eigenvalue weighted by atomic mass is 16.3. The molecule has 1 aromatic rings. The van der Waals surface area contributed by atoms with Crippen molar-refractivity contribution in [1.82, 2.24) is 5.32 Å². The van der Waals surface area contributed by atoms with E-state index in [2.05, 4.69) is 46.0 Å². The van der Waals surface area contributed by atoms with E-state index in [0.717, 1.165) is 49.9 Å². The van der Waals surface area contributed by atoms with Crippen molar-refractivity contribution in [2.45, 2.75) is 100.0 Å². The Bertz CT molecular complexity index is 1460. The molecule has 6 heteroatoms. The van der Waals surface area contributed by atoms with Gasteiger partial charge in [-0.05, 0) is 91.2 Å². The Hall–Kier alpha value is -2.94. The fourth-order valence-corrected chi connectivity index (χ4v) is 10.7. The van der Waals surface area contributed by atoms with Gasteiger partial charge in [0.15, 0.2) is 11.6 Å². The number of Topliss-reactive ketones (excluding diaryl/α,β-unsaturated/α-hetero) is 1. The first-order valence-corrected chi connectivity index (χ1v) is 15.8. The van der Waals surface area contributed by atoms with Crippen LogP contribution in [-0.4, -0.2) is 17.5 Å². The fourth-order valence-electron chi connectivity index (χ4n) is 10.7. The van der Waals surface area contributed by atoms with Crippen molar-refractivity contribution in [3.05, 3.63) is 47.5 Å². The Morgan fingerprint density at radius 2 is 1.76 bits per heavy atom. The van der Waals surface area contributed by atoms with E-state index in [1.165, 1.54) is 0 Å². The molecule has 0 aromatic carbocycles. The van der Waals surface area contributed by atoms with Crippen LogP contribution >= 0.6 is 0 Å². The summed E-state index contributed by atoms with van der Waals surface area (Å²) in [4.78, 5) is 41.5. The second kappa shape index (κ2) is 9.04. The topological polar surface area (TPSA) is 100 Å². The minimum Gasteiger partial charge on any atom is -0.467 e. The van der Waals surface area contributed by atoms with Gasteiger partial charge in [-0.25, -0.2) is 0 Å². The molecule has 3 saturated carbocycles. The highest BCUT2D eigenvalue weighted by molar-refractivity contribution is 6.04. The van der Waals surface area contributed by atoms with Crippen LogP contribution in [-0.2, 0) is 20.9 Å². The maximum atomic E-state index is 14.5. The number of nitrogens with zero attached hydrogens (tertiary/aromatic N) is 1. The lowest BCUT2D eigenvalue weighted by Crippen LogP contribution is -2.65. The molecule has 0 radical (unpaired) electrons. The van der Waals surface area contributed by atoms with E-state index in [9.17, 15) is 19.6 Å². The molecule has 5 aliphatic rings. The molecule has 224 valence electrons. The third-order valence-corrected chi connectivity index (χ3v) is 13.6. The van der Waals surface area contributed by atoms with E-state index in [0.29, 0.717) is 13.0 Å². The van der Waals surface area contributed by atoms with Crippen LogP contribution in [0.2, 0.25) is 0 Å². The van der Waals surface area contributed by atoms with E-state index in [1.54, 1.807) is 6.26 Å². The molecule has 0 saturated heterocycles. The molecule has 1 amide bonds. The Kier molecular flexibility index (Phi) is 6.27. The summed E-state index contributed by atoms with van der Waals surface area (Å²) in [5.74, 6) is 0.831. The third-order valence-electron chi connectivity index (χ3n) is 13.6. The van der Waals surface area contributed by atoms with Crippen LogP contribution in [0.25, 0.3) is 0 Å². The molecule has 2 unspecified atom stereocenters. The van der Waals surface area contributed by atoms with E-state index >= 15 is 0 Å². The molecular formula is C36H46N2O4. The van der Waals surface area contributed by atoms with Gasteiger partial charge in [0.2, 0.25) is 5.91 Å². The zero-order chi connectivity index (χ0) is 30.5. The average molecular weight is 571 g/mol. The number of allylic oxidation sites excluding steroid dienone is 4. The summed E-state index contributed by atoms with van der Waals surface area (Å²) in [7, 11) is 0. The van der Waals surface area contributed by atoms with Gasteiger partial charge in [0.25, 0.3) is 0 Å². The summed E-state index contributed by atoms with van der Waals surface area (Å²) in [6.45, 7) is 15.6. The number of amides is 1. The highest BCUT2D eigenvalue weighted by Crippen LogP contribution is 2.74. The Balaban J connectivity index is 1.39. The molecule has 6 rings (SSSR count). The lowest BCUT2D eigenvalue weighted by Gasteiger charge is -2.69. The molecule has 1 aromatic heterocycles. The van der Waals surface area contributed by atoms with Gasteiger partial charge in [-0.1, -0.05) is 60.1 Å². The number of hydrogen-bond donors (Lipinski definition) is 1. The second-order valence-corrected chi connectivity index (χ2v) is 16.1. The lowest BCUT2D eigenvalue weighted by molar-refractivity contribution is -0.172. The van der Waals surface area contributed by atoms with E-state index in [4.69, 9.17) is 4.42 Å². The zero-order valence-electron chi connectivity index (χ0n) is 26.4. The molecule has 6 nitrogen and oxygen atoms in total. The van der Waals surface area contributed by atoms with Gasteiger partial charge in [-0.2, -0.15) is 5.26 Å². The summed E-state index contributed by atoms with van der Waals surface area (Å²) in [6, 6.07) is 5.88.